The zero-order valence-corrected chi connectivity index (χ0v) is 8.23. The summed E-state index contributed by atoms with van der Waals surface area (Å²) < 4.78 is 4.90. The largest absolute Gasteiger partial charge is 0.481 e. The highest BCUT2D eigenvalue weighted by molar-refractivity contribution is 5.74. The SMILES string of the molecule is CCCOC(=O)N1CCC(C(=O)O)C1. The summed E-state index contributed by atoms with van der Waals surface area (Å²) in [5.41, 5.74) is 0. The van der Waals surface area contributed by atoms with Gasteiger partial charge in [0.05, 0.1) is 12.5 Å². The van der Waals surface area contributed by atoms with Gasteiger partial charge in [-0.2, -0.15) is 0 Å². The molecule has 1 N–H and O–H groups in total. The molecule has 1 aliphatic heterocycles. The average molecular weight is 201 g/mol. The van der Waals surface area contributed by atoms with Crippen LogP contribution < -0.4 is 0 Å². The highest BCUT2D eigenvalue weighted by Crippen LogP contribution is 2.16. The number of carboxylic acids is 1. The third kappa shape index (κ3) is 2.61. The number of amides is 1. The molecule has 0 radical (unpaired) electrons. The minimum atomic E-state index is -0.837. The predicted octanol–water partition coefficient (Wildman–Crippen LogP) is 0.940. The molecule has 1 fully saturated rings. The van der Waals surface area contributed by atoms with Crippen LogP contribution in [0.15, 0.2) is 0 Å². The minimum Gasteiger partial charge on any atom is -0.481 e. The van der Waals surface area contributed by atoms with Crippen LogP contribution in [-0.2, 0) is 9.53 Å². The molecule has 0 saturated carbocycles. The van der Waals surface area contributed by atoms with Crippen LogP contribution >= 0.6 is 0 Å². The zero-order valence-electron chi connectivity index (χ0n) is 8.23. The molecule has 5 nitrogen and oxygen atoms in total. The molecule has 5 heteroatoms. The van der Waals surface area contributed by atoms with Crippen molar-refractivity contribution >= 4 is 12.1 Å². The maximum Gasteiger partial charge on any atom is 0.409 e. The van der Waals surface area contributed by atoms with E-state index in [0.29, 0.717) is 19.6 Å². The first-order valence-corrected chi connectivity index (χ1v) is 4.79. The van der Waals surface area contributed by atoms with E-state index < -0.39 is 18.0 Å². The minimum absolute atomic E-state index is 0.276. The number of aliphatic carboxylic acids is 1. The van der Waals surface area contributed by atoms with E-state index in [1.807, 2.05) is 6.92 Å². The van der Waals surface area contributed by atoms with Crippen molar-refractivity contribution in [1.29, 1.82) is 0 Å². The quantitative estimate of drug-likeness (QED) is 0.737. The second-order valence-corrected chi connectivity index (χ2v) is 3.38. The summed E-state index contributed by atoms with van der Waals surface area (Å²) in [6, 6.07) is 0. The molecule has 1 atom stereocenters. The Morgan fingerprint density at radius 1 is 1.57 bits per heavy atom. The van der Waals surface area contributed by atoms with Crippen molar-refractivity contribution in [2.75, 3.05) is 19.7 Å². The number of hydrogen-bond donors (Lipinski definition) is 1. The topological polar surface area (TPSA) is 66.8 Å². The van der Waals surface area contributed by atoms with E-state index in [1.165, 1.54) is 4.90 Å². The highest BCUT2D eigenvalue weighted by Gasteiger charge is 2.31. The average Bonchev–Trinajstić information content (AvgIpc) is 2.62. The van der Waals surface area contributed by atoms with Gasteiger partial charge in [0.15, 0.2) is 0 Å². The van der Waals surface area contributed by atoms with E-state index in [9.17, 15) is 9.59 Å². The molecule has 0 aliphatic carbocycles. The monoisotopic (exact) mass is 201 g/mol. The predicted molar refractivity (Wildman–Crippen MR) is 49.0 cm³/mol. The van der Waals surface area contributed by atoms with E-state index in [2.05, 4.69) is 0 Å². The van der Waals surface area contributed by atoms with Gasteiger partial charge in [-0.25, -0.2) is 4.79 Å². The number of nitrogens with zero attached hydrogens (tertiary/aromatic N) is 1. The summed E-state index contributed by atoms with van der Waals surface area (Å²) >= 11 is 0. The number of carbonyl (C=O) groups is 2. The van der Waals surface area contributed by atoms with Gasteiger partial charge in [-0.05, 0) is 12.8 Å². The first-order chi connectivity index (χ1) is 6.65. The molecule has 0 aromatic carbocycles. The molecule has 1 unspecified atom stereocenters. The van der Waals surface area contributed by atoms with Crippen molar-refractivity contribution in [2.45, 2.75) is 19.8 Å². The lowest BCUT2D eigenvalue weighted by molar-refractivity contribution is -0.141. The molecule has 0 aromatic heterocycles. The van der Waals surface area contributed by atoms with E-state index in [4.69, 9.17) is 9.84 Å². The third-order valence-electron chi connectivity index (χ3n) is 2.23. The number of carboxylic acid groups (broad SMARTS) is 1. The Labute approximate surface area is 82.6 Å². The molecule has 1 amide bonds. The van der Waals surface area contributed by atoms with Crippen LogP contribution in [-0.4, -0.2) is 41.8 Å². The van der Waals surface area contributed by atoms with E-state index in [0.717, 1.165) is 6.42 Å². The molecular formula is C9H15NO4. The fraction of sp³-hybridized carbons (Fsp3) is 0.778. The molecule has 1 rings (SSSR count). The van der Waals surface area contributed by atoms with Gasteiger partial charge in [0, 0.05) is 13.1 Å². The third-order valence-corrected chi connectivity index (χ3v) is 2.23. The van der Waals surface area contributed by atoms with Gasteiger partial charge in [0.25, 0.3) is 0 Å². The van der Waals surface area contributed by atoms with Gasteiger partial charge in [-0.1, -0.05) is 6.92 Å². The summed E-state index contributed by atoms with van der Waals surface area (Å²) in [6.07, 6.45) is 0.911. The van der Waals surface area contributed by atoms with Gasteiger partial charge < -0.3 is 14.7 Å². The maximum atomic E-state index is 11.3. The van der Waals surface area contributed by atoms with Gasteiger partial charge in [0.2, 0.25) is 0 Å². The van der Waals surface area contributed by atoms with Crippen LogP contribution in [0.5, 0.6) is 0 Å². The lowest BCUT2D eigenvalue weighted by Crippen LogP contribution is -2.30. The van der Waals surface area contributed by atoms with E-state index in [1.54, 1.807) is 0 Å². The summed E-state index contributed by atoms with van der Waals surface area (Å²) in [7, 11) is 0. The molecule has 14 heavy (non-hydrogen) atoms. The molecular weight excluding hydrogens is 186 g/mol. The normalized spacial score (nSPS) is 20.9. The molecule has 0 aromatic rings. The lowest BCUT2D eigenvalue weighted by atomic mass is 10.1. The fourth-order valence-corrected chi connectivity index (χ4v) is 1.41. The Kier molecular flexibility index (Phi) is 3.73. The van der Waals surface area contributed by atoms with Crippen molar-refractivity contribution in [3.05, 3.63) is 0 Å². The van der Waals surface area contributed by atoms with Crippen LogP contribution in [0.1, 0.15) is 19.8 Å². The molecule has 1 aliphatic rings. The van der Waals surface area contributed by atoms with Crippen LogP contribution in [0.2, 0.25) is 0 Å². The first kappa shape index (κ1) is 10.8. The molecule has 80 valence electrons. The Balaban J connectivity index is 2.34. The molecule has 0 spiro atoms. The van der Waals surface area contributed by atoms with Crippen LogP contribution in [0.3, 0.4) is 0 Å². The molecule has 1 heterocycles. The Hall–Kier alpha value is -1.26. The number of ether oxygens (including phenoxy) is 1. The van der Waals surface area contributed by atoms with Gasteiger partial charge in [0.1, 0.15) is 0 Å². The number of rotatable bonds is 3. The van der Waals surface area contributed by atoms with Crippen molar-refractivity contribution in [1.82, 2.24) is 4.90 Å². The van der Waals surface area contributed by atoms with Crippen LogP contribution in [0, 0.1) is 5.92 Å². The van der Waals surface area contributed by atoms with Crippen molar-refractivity contribution in [3.8, 4) is 0 Å². The summed E-state index contributed by atoms with van der Waals surface area (Å²) in [6.45, 7) is 3.07. The second kappa shape index (κ2) is 4.83. The summed E-state index contributed by atoms with van der Waals surface area (Å²) in [5, 5.41) is 8.71. The van der Waals surface area contributed by atoms with E-state index in [-0.39, 0.29) is 6.54 Å². The number of hydrogen-bond acceptors (Lipinski definition) is 3. The zero-order chi connectivity index (χ0) is 10.6. The van der Waals surface area contributed by atoms with Gasteiger partial charge in [-0.15, -0.1) is 0 Å². The van der Waals surface area contributed by atoms with Crippen LogP contribution in [0.4, 0.5) is 4.79 Å². The standard InChI is InChI=1S/C9H15NO4/c1-2-5-14-9(13)10-4-3-7(6-10)8(11)12/h7H,2-6H2,1H3,(H,11,12). The summed E-state index contributed by atoms with van der Waals surface area (Å²) in [4.78, 5) is 23.3. The number of likely N-dealkylation sites (tertiary alicyclic amines) is 1. The molecule has 0 bridgehead atoms. The lowest BCUT2D eigenvalue weighted by Gasteiger charge is -2.14. The Morgan fingerprint density at radius 3 is 2.79 bits per heavy atom. The van der Waals surface area contributed by atoms with Crippen LogP contribution in [0.25, 0.3) is 0 Å². The first-order valence-electron chi connectivity index (χ1n) is 4.79. The second-order valence-electron chi connectivity index (χ2n) is 3.38. The molecule has 1 saturated heterocycles. The fourth-order valence-electron chi connectivity index (χ4n) is 1.41. The Morgan fingerprint density at radius 2 is 2.29 bits per heavy atom. The Bertz CT molecular complexity index is 229. The maximum absolute atomic E-state index is 11.3. The van der Waals surface area contributed by atoms with Crippen molar-refractivity contribution in [2.24, 2.45) is 5.92 Å². The number of carbonyl (C=O) groups excluding carboxylic acids is 1. The van der Waals surface area contributed by atoms with Gasteiger partial charge in [-0.3, -0.25) is 4.79 Å². The van der Waals surface area contributed by atoms with E-state index >= 15 is 0 Å². The smallest absolute Gasteiger partial charge is 0.409 e. The highest BCUT2D eigenvalue weighted by atomic mass is 16.6. The van der Waals surface area contributed by atoms with Gasteiger partial charge >= 0.3 is 12.1 Å². The summed E-state index contributed by atoms with van der Waals surface area (Å²) in [5.74, 6) is -1.26. The van der Waals surface area contributed by atoms with Crippen molar-refractivity contribution in [3.63, 3.8) is 0 Å². The van der Waals surface area contributed by atoms with Crippen molar-refractivity contribution < 1.29 is 19.4 Å².